The summed E-state index contributed by atoms with van der Waals surface area (Å²) < 4.78 is 17.5. The zero-order valence-corrected chi connectivity index (χ0v) is 8.94. The van der Waals surface area contributed by atoms with Gasteiger partial charge in [-0.2, -0.15) is 0 Å². The van der Waals surface area contributed by atoms with Crippen LogP contribution in [0.5, 0.6) is 5.75 Å². The van der Waals surface area contributed by atoms with E-state index in [0.29, 0.717) is 11.4 Å². The molecule has 0 atom stereocenters. The summed E-state index contributed by atoms with van der Waals surface area (Å²) in [5.41, 5.74) is 0.582. The van der Waals surface area contributed by atoms with E-state index in [2.05, 4.69) is 4.98 Å². The van der Waals surface area contributed by atoms with Crippen LogP contribution in [0.3, 0.4) is 0 Å². The van der Waals surface area contributed by atoms with Crippen molar-refractivity contribution in [3.05, 3.63) is 22.7 Å². The van der Waals surface area contributed by atoms with E-state index in [1.807, 2.05) is 13.8 Å². The van der Waals surface area contributed by atoms with Crippen LogP contribution in [0.4, 0.5) is 4.39 Å². The number of methoxy groups -OCH3 is 1. The molecule has 0 N–H and O–H groups in total. The van der Waals surface area contributed by atoms with Crippen molar-refractivity contribution in [1.29, 1.82) is 0 Å². The maximum absolute atomic E-state index is 12.7. The third-order valence-corrected chi connectivity index (χ3v) is 1.56. The Morgan fingerprint density at radius 1 is 1.46 bits per heavy atom. The molecular weight excluding hydrogens is 193 g/mol. The van der Waals surface area contributed by atoms with Crippen LogP contribution in [0.2, 0.25) is 5.15 Å². The van der Waals surface area contributed by atoms with Crippen LogP contribution in [0.15, 0.2) is 6.07 Å². The second-order valence-electron chi connectivity index (χ2n) is 2.05. The van der Waals surface area contributed by atoms with E-state index < -0.39 is 5.82 Å². The van der Waals surface area contributed by atoms with Crippen molar-refractivity contribution in [3.8, 4) is 5.75 Å². The van der Waals surface area contributed by atoms with Crippen LogP contribution in [-0.2, 0) is 0 Å². The Morgan fingerprint density at radius 3 is 2.46 bits per heavy atom. The lowest BCUT2D eigenvalue weighted by Gasteiger charge is -2.03. The summed E-state index contributed by atoms with van der Waals surface area (Å²) in [5.74, 6) is -0.152. The van der Waals surface area contributed by atoms with E-state index in [0.717, 1.165) is 0 Å². The summed E-state index contributed by atoms with van der Waals surface area (Å²) in [6.45, 7) is 5.70. The fourth-order valence-electron chi connectivity index (χ4n) is 0.741. The Balaban J connectivity index is 0.000000671. The second-order valence-corrected chi connectivity index (χ2v) is 2.41. The van der Waals surface area contributed by atoms with Gasteiger partial charge < -0.3 is 4.74 Å². The lowest BCUT2D eigenvalue weighted by atomic mass is 10.3. The molecule has 74 valence electrons. The summed E-state index contributed by atoms with van der Waals surface area (Å²) in [6.07, 6.45) is 0. The first-order valence-corrected chi connectivity index (χ1v) is 4.39. The smallest absolute Gasteiger partial charge is 0.165 e. The minimum absolute atomic E-state index is 0.122. The fourth-order valence-corrected chi connectivity index (χ4v) is 0.923. The van der Waals surface area contributed by atoms with Crippen molar-refractivity contribution in [2.45, 2.75) is 20.8 Å². The van der Waals surface area contributed by atoms with Crippen molar-refractivity contribution in [1.82, 2.24) is 4.98 Å². The van der Waals surface area contributed by atoms with Gasteiger partial charge in [-0.25, -0.2) is 9.37 Å². The molecule has 1 heterocycles. The molecule has 0 aliphatic carbocycles. The first-order valence-electron chi connectivity index (χ1n) is 4.01. The van der Waals surface area contributed by atoms with Gasteiger partial charge in [-0.15, -0.1) is 0 Å². The highest BCUT2D eigenvalue weighted by atomic mass is 35.5. The largest absolute Gasteiger partial charge is 0.495 e. The molecule has 0 aromatic carbocycles. The number of ether oxygens (including phenoxy) is 1. The molecule has 1 aromatic heterocycles. The van der Waals surface area contributed by atoms with Crippen LogP contribution in [0.1, 0.15) is 19.5 Å². The number of aryl methyl sites for hydroxylation is 1. The number of hydrogen-bond acceptors (Lipinski definition) is 2. The molecule has 0 aliphatic rings. The summed E-state index contributed by atoms with van der Waals surface area (Å²) in [7, 11) is 1.46. The third-order valence-electron chi connectivity index (χ3n) is 1.30. The molecule has 1 rings (SSSR count). The van der Waals surface area contributed by atoms with Gasteiger partial charge in [-0.05, 0) is 6.92 Å². The molecule has 2 nitrogen and oxygen atoms in total. The monoisotopic (exact) mass is 205 g/mol. The van der Waals surface area contributed by atoms with Crippen molar-refractivity contribution in [2.75, 3.05) is 7.11 Å². The van der Waals surface area contributed by atoms with E-state index in [1.54, 1.807) is 6.92 Å². The molecule has 0 unspecified atom stereocenters. The lowest BCUT2D eigenvalue weighted by molar-refractivity contribution is 0.405. The summed E-state index contributed by atoms with van der Waals surface area (Å²) in [5, 5.41) is -0.122. The Bertz CT molecular complexity index is 279. The number of halogens is 2. The molecule has 0 aliphatic heterocycles. The molecule has 4 heteroatoms. The van der Waals surface area contributed by atoms with E-state index in [9.17, 15) is 4.39 Å². The molecule has 0 bridgehead atoms. The number of rotatable bonds is 1. The molecule has 13 heavy (non-hydrogen) atoms. The minimum Gasteiger partial charge on any atom is -0.495 e. The Labute approximate surface area is 82.7 Å². The van der Waals surface area contributed by atoms with Crippen LogP contribution in [-0.4, -0.2) is 12.1 Å². The van der Waals surface area contributed by atoms with E-state index in [4.69, 9.17) is 16.3 Å². The molecule has 0 saturated heterocycles. The molecular formula is C9H13ClFNO. The van der Waals surface area contributed by atoms with Gasteiger partial charge in [-0.1, -0.05) is 25.4 Å². The van der Waals surface area contributed by atoms with Crippen molar-refractivity contribution >= 4 is 11.6 Å². The second kappa shape index (κ2) is 5.75. The first kappa shape index (κ1) is 12.2. The Hall–Kier alpha value is -0.830. The molecule has 0 fully saturated rings. The third kappa shape index (κ3) is 3.19. The topological polar surface area (TPSA) is 22.1 Å². The van der Waals surface area contributed by atoms with Gasteiger partial charge in [0.05, 0.1) is 12.8 Å². The van der Waals surface area contributed by atoms with Crippen molar-refractivity contribution < 1.29 is 9.13 Å². The number of aromatic nitrogens is 1. The van der Waals surface area contributed by atoms with Crippen LogP contribution < -0.4 is 4.74 Å². The fraction of sp³-hybridized carbons (Fsp3) is 0.444. The van der Waals surface area contributed by atoms with Crippen LogP contribution >= 0.6 is 11.6 Å². The Kier molecular flexibility index (Phi) is 5.39. The SMILES string of the molecule is CC.COc1cc(F)c(Cl)nc1C. The van der Waals surface area contributed by atoms with Crippen LogP contribution in [0, 0.1) is 12.7 Å². The van der Waals surface area contributed by atoms with Gasteiger partial charge in [0.15, 0.2) is 11.0 Å². The van der Waals surface area contributed by atoms with Crippen molar-refractivity contribution in [3.63, 3.8) is 0 Å². The van der Waals surface area contributed by atoms with Gasteiger partial charge in [0, 0.05) is 6.07 Å². The standard InChI is InChI=1S/C7H7ClFNO.C2H6/c1-4-6(11-2)3-5(9)7(8)10-4;1-2/h3H,1-2H3;1-2H3. The van der Waals surface area contributed by atoms with Gasteiger partial charge in [0.25, 0.3) is 0 Å². The molecule has 0 radical (unpaired) electrons. The van der Waals surface area contributed by atoms with Gasteiger partial charge >= 0.3 is 0 Å². The Morgan fingerprint density at radius 2 is 2.00 bits per heavy atom. The summed E-state index contributed by atoms with van der Waals surface area (Å²) in [4.78, 5) is 3.71. The van der Waals surface area contributed by atoms with E-state index in [-0.39, 0.29) is 5.15 Å². The molecule has 0 saturated carbocycles. The molecule has 0 spiro atoms. The highest BCUT2D eigenvalue weighted by Gasteiger charge is 2.06. The van der Waals surface area contributed by atoms with Gasteiger partial charge in [0.1, 0.15) is 5.75 Å². The average Bonchev–Trinajstić information content (AvgIpc) is 2.15. The first-order chi connectivity index (χ1) is 6.15. The molecule has 1 aromatic rings. The number of hydrogen-bond donors (Lipinski definition) is 0. The molecule has 0 amide bonds. The summed E-state index contributed by atoms with van der Waals surface area (Å²) >= 11 is 5.40. The number of pyridine rings is 1. The zero-order valence-electron chi connectivity index (χ0n) is 8.19. The predicted molar refractivity (Wildman–Crippen MR) is 51.8 cm³/mol. The quantitative estimate of drug-likeness (QED) is 0.657. The average molecular weight is 206 g/mol. The lowest BCUT2D eigenvalue weighted by Crippen LogP contribution is -1.93. The van der Waals surface area contributed by atoms with Gasteiger partial charge in [0.2, 0.25) is 0 Å². The summed E-state index contributed by atoms with van der Waals surface area (Å²) in [6, 6.07) is 1.21. The van der Waals surface area contributed by atoms with Crippen molar-refractivity contribution in [2.24, 2.45) is 0 Å². The highest BCUT2D eigenvalue weighted by Crippen LogP contribution is 2.20. The minimum atomic E-state index is -0.561. The van der Waals surface area contributed by atoms with E-state index >= 15 is 0 Å². The maximum Gasteiger partial charge on any atom is 0.165 e. The number of nitrogens with zero attached hydrogens (tertiary/aromatic N) is 1. The normalized spacial score (nSPS) is 8.77. The predicted octanol–water partition coefficient (Wildman–Crippen LogP) is 3.22. The zero-order chi connectivity index (χ0) is 10.4. The highest BCUT2D eigenvalue weighted by molar-refractivity contribution is 6.29. The van der Waals surface area contributed by atoms with Gasteiger partial charge in [-0.3, -0.25) is 0 Å². The van der Waals surface area contributed by atoms with Crippen LogP contribution in [0.25, 0.3) is 0 Å². The maximum atomic E-state index is 12.7. The van der Waals surface area contributed by atoms with E-state index in [1.165, 1.54) is 13.2 Å².